The number of alkyl halides is 1. The van der Waals surface area contributed by atoms with Crippen LogP contribution < -0.4 is 15.1 Å². The molecule has 1 amide bonds. The number of halogens is 4. The zero-order valence-electron chi connectivity index (χ0n) is 23.1. The zero-order chi connectivity index (χ0) is 29.7. The van der Waals surface area contributed by atoms with Crippen molar-refractivity contribution in [3.8, 4) is 17.6 Å². The number of nitrogens with one attached hydrogen (secondary N) is 1. The Morgan fingerprint density at radius 3 is 2.49 bits per heavy atom. The highest BCUT2D eigenvalue weighted by molar-refractivity contribution is 5.88. The lowest BCUT2D eigenvalue weighted by Crippen LogP contribution is -2.48. The van der Waals surface area contributed by atoms with E-state index in [9.17, 15) is 23.2 Å². The van der Waals surface area contributed by atoms with E-state index in [4.69, 9.17) is 4.74 Å². The van der Waals surface area contributed by atoms with E-state index in [1.54, 1.807) is 48.9 Å². The molecule has 218 valence electrons. The van der Waals surface area contributed by atoms with E-state index in [1.165, 1.54) is 7.11 Å². The SMILES string of the molecule is COc1ccc2ncc(N(C)C)c(C(F)CCC3(C(=O)NO)CCN(CC#Cc4c(F)cc(F)cc4F)CC3)c2c1. The molecular formula is C30H32F4N4O3. The highest BCUT2D eigenvalue weighted by Gasteiger charge is 2.41. The van der Waals surface area contributed by atoms with Gasteiger partial charge in [0.15, 0.2) is 0 Å². The number of piperidine rings is 1. The van der Waals surface area contributed by atoms with Crippen LogP contribution in [-0.4, -0.2) is 61.8 Å². The number of fused-ring (bicyclic) bond motifs is 1. The number of ether oxygens (including phenoxy) is 1. The Hall–Kier alpha value is -3.88. The highest BCUT2D eigenvalue weighted by atomic mass is 19.1. The first-order valence-corrected chi connectivity index (χ1v) is 13.2. The molecule has 1 unspecified atom stereocenters. The highest BCUT2D eigenvalue weighted by Crippen LogP contribution is 2.43. The number of carbonyl (C=O) groups excluding carboxylic acids is 1. The first kappa shape index (κ1) is 30.1. The molecule has 0 aliphatic carbocycles. The number of nitrogens with zero attached hydrogens (tertiary/aromatic N) is 3. The van der Waals surface area contributed by atoms with Crippen LogP contribution in [0.25, 0.3) is 10.9 Å². The van der Waals surface area contributed by atoms with Crippen molar-refractivity contribution in [1.82, 2.24) is 15.4 Å². The Morgan fingerprint density at radius 1 is 1.20 bits per heavy atom. The molecule has 1 saturated heterocycles. The predicted octanol–water partition coefficient (Wildman–Crippen LogP) is 5.16. The van der Waals surface area contributed by atoms with Crippen LogP contribution in [0.2, 0.25) is 0 Å². The minimum absolute atomic E-state index is 0.0213. The van der Waals surface area contributed by atoms with E-state index in [0.717, 1.165) is 0 Å². The number of amides is 1. The summed E-state index contributed by atoms with van der Waals surface area (Å²) in [4.78, 5) is 21.0. The number of pyridine rings is 1. The molecule has 1 aromatic heterocycles. The standard InChI is InChI=1S/C30H32F4N4O3/c1-37(2)27-18-35-26-7-6-20(41-3)17-22(26)28(27)23(32)8-9-30(29(39)36-40)10-13-38(14-11-30)12-4-5-21-24(33)15-19(31)16-25(21)34/h6-7,15-18,23,40H,8-14H2,1-3H3,(H,36,39). The van der Waals surface area contributed by atoms with Crippen LogP contribution in [0.3, 0.4) is 0 Å². The van der Waals surface area contributed by atoms with Crippen LogP contribution in [0.5, 0.6) is 5.75 Å². The second kappa shape index (κ2) is 12.7. The molecule has 1 fully saturated rings. The largest absolute Gasteiger partial charge is 0.497 e. The third kappa shape index (κ3) is 6.55. The number of aromatic nitrogens is 1. The summed E-state index contributed by atoms with van der Waals surface area (Å²) in [5, 5.41) is 10.1. The average Bonchev–Trinajstić information content (AvgIpc) is 2.96. The summed E-state index contributed by atoms with van der Waals surface area (Å²) in [5.74, 6) is 1.92. The summed E-state index contributed by atoms with van der Waals surface area (Å²) in [6, 6.07) is 6.41. The van der Waals surface area contributed by atoms with E-state index < -0.39 is 40.5 Å². The smallest absolute Gasteiger partial charge is 0.249 e. The maximum Gasteiger partial charge on any atom is 0.249 e. The normalized spacial score (nSPS) is 15.6. The van der Waals surface area contributed by atoms with Gasteiger partial charge in [0.2, 0.25) is 5.91 Å². The van der Waals surface area contributed by atoms with E-state index in [0.29, 0.717) is 66.0 Å². The number of hydroxylamine groups is 1. The van der Waals surface area contributed by atoms with Crippen molar-refractivity contribution in [2.75, 3.05) is 45.7 Å². The van der Waals surface area contributed by atoms with Crippen LogP contribution in [-0.2, 0) is 4.79 Å². The number of carbonyl (C=O) groups is 1. The van der Waals surface area contributed by atoms with Gasteiger partial charge >= 0.3 is 0 Å². The second-order valence-corrected chi connectivity index (χ2v) is 10.4. The summed E-state index contributed by atoms with van der Waals surface area (Å²) in [5.41, 5.74) is 1.91. The first-order chi connectivity index (χ1) is 19.6. The molecule has 2 N–H and O–H groups in total. The number of rotatable bonds is 8. The molecule has 2 heterocycles. The van der Waals surface area contributed by atoms with Crippen molar-refractivity contribution in [2.45, 2.75) is 31.9 Å². The fraction of sp³-hybridized carbons (Fsp3) is 0.400. The number of hydrogen-bond donors (Lipinski definition) is 2. The Morgan fingerprint density at radius 2 is 1.88 bits per heavy atom. The average molecular weight is 573 g/mol. The molecular weight excluding hydrogens is 540 g/mol. The molecule has 0 radical (unpaired) electrons. The lowest BCUT2D eigenvalue weighted by molar-refractivity contribution is -0.143. The Labute approximate surface area is 236 Å². The van der Waals surface area contributed by atoms with Crippen LogP contribution in [0, 0.1) is 34.7 Å². The molecule has 0 bridgehead atoms. The van der Waals surface area contributed by atoms with Gasteiger partial charge in [0, 0.05) is 50.3 Å². The van der Waals surface area contributed by atoms with Crippen molar-refractivity contribution in [3.63, 3.8) is 0 Å². The van der Waals surface area contributed by atoms with Crippen molar-refractivity contribution in [1.29, 1.82) is 0 Å². The number of methoxy groups -OCH3 is 1. The molecule has 3 aromatic rings. The number of hydrogen-bond acceptors (Lipinski definition) is 6. The van der Waals surface area contributed by atoms with Gasteiger partial charge in [-0.15, -0.1) is 0 Å². The molecule has 0 spiro atoms. The van der Waals surface area contributed by atoms with Gasteiger partial charge in [-0.05, 0) is 43.9 Å². The summed E-state index contributed by atoms with van der Waals surface area (Å²) in [6.45, 7) is 0.952. The quantitative estimate of drug-likeness (QED) is 0.168. The second-order valence-electron chi connectivity index (χ2n) is 10.4. The molecule has 1 atom stereocenters. The number of anilines is 1. The third-order valence-electron chi connectivity index (χ3n) is 7.69. The van der Waals surface area contributed by atoms with Gasteiger partial charge in [-0.3, -0.25) is 19.9 Å². The lowest BCUT2D eigenvalue weighted by Gasteiger charge is -2.40. The van der Waals surface area contributed by atoms with Crippen molar-refractivity contribution in [2.24, 2.45) is 5.41 Å². The monoisotopic (exact) mass is 572 g/mol. The van der Waals surface area contributed by atoms with Gasteiger partial charge in [-0.25, -0.2) is 23.0 Å². The summed E-state index contributed by atoms with van der Waals surface area (Å²) >= 11 is 0. The molecule has 1 aliphatic rings. The lowest BCUT2D eigenvalue weighted by atomic mass is 9.73. The molecule has 0 saturated carbocycles. The van der Waals surface area contributed by atoms with E-state index in [2.05, 4.69) is 16.8 Å². The van der Waals surface area contributed by atoms with Gasteiger partial charge in [-0.1, -0.05) is 11.8 Å². The topological polar surface area (TPSA) is 77.9 Å². The zero-order valence-corrected chi connectivity index (χ0v) is 23.1. The van der Waals surface area contributed by atoms with Crippen molar-refractivity contribution in [3.05, 3.63) is 65.1 Å². The molecule has 7 nitrogen and oxygen atoms in total. The van der Waals surface area contributed by atoms with Gasteiger partial charge in [0.1, 0.15) is 29.4 Å². The Kier molecular flexibility index (Phi) is 9.35. The molecule has 11 heteroatoms. The van der Waals surface area contributed by atoms with Gasteiger partial charge < -0.3 is 9.64 Å². The van der Waals surface area contributed by atoms with E-state index >= 15 is 4.39 Å². The van der Waals surface area contributed by atoms with Crippen molar-refractivity contribution >= 4 is 22.5 Å². The maximum absolute atomic E-state index is 16.1. The predicted molar refractivity (Wildman–Crippen MR) is 147 cm³/mol. The van der Waals surface area contributed by atoms with E-state index in [1.807, 2.05) is 4.90 Å². The molecule has 41 heavy (non-hydrogen) atoms. The van der Waals surface area contributed by atoms with Crippen LogP contribution in [0.1, 0.15) is 43.0 Å². The molecule has 4 rings (SSSR count). The van der Waals surface area contributed by atoms with Gasteiger partial charge in [0.25, 0.3) is 0 Å². The Balaban J connectivity index is 1.49. The fourth-order valence-electron chi connectivity index (χ4n) is 5.29. The van der Waals surface area contributed by atoms with Crippen LogP contribution in [0.4, 0.5) is 23.2 Å². The van der Waals surface area contributed by atoms with Gasteiger partial charge in [-0.2, -0.15) is 0 Å². The number of benzene rings is 2. The van der Waals surface area contributed by atoms with Crippen LogP contribution >= 0.6 is 0 Å². The van der Waals surface area contributed by atoms with Crippen LogP contribution in [0.15, 0.2) is 36.5 Å². The summed E-state index contributed by atoms with van der Waals surface area (Å²) in [7, 11) is 5.14. The Bertz CT molecular complexity index is 1460. The minimum Gasteiger partial charge on any atom is -0.497 e. The first-order valence-electron chi connectivity index (χ1n) is 13.2. The number of likely N-dealkylation sites (tertiary alicyclic amines) is 1. The molecule has 2 aromatic carbocycles. The van der Waals surface area contributed by atoms with Gasteiger partial charge in [0.05, 0.1) is 42.0 Å². The fourth-order valence-corrected chi connectivity index (χ4v) is 5.29. The third-order valence-corrected chi connectivity index (χ3v) is 7.69. The maximum atomic E-state index is 16.1. The summed E-state index contributed by atoms with van der Waals surface area (Å²) in [6.07, 6.45) is 1.02. The minimum atomic E-state index is -1.43. The summed E-state index contributed by atoms with van der Waals surface area (Å²) < 4.78 is 62.3. The molecule has 1 aliphatic heterocycles. The van der Waals surface area contributed by atoms with E-state index in [-0.39, 0.29) is 19.4 Å². The van der Waals surface area contributed by atoms with Crippen molar-refractivity contribution < 1.29 is 32.3 Å².